The van der Waals surface area contributed by atoms with Crippen LogP contribution in [0.15, 0.2) is 71.6 Å². The van der Waals surface area contributed by atoms with Crippen molar-refractivity contribution in [3.63, 3.8) is 0 Å². The third-order valence-corrected chi connectivity index (χ3v) is 6.02. The van der Waals surface area contributed by atoms with Gasteiger partial charge in [-0.1, -0.05) is 42.0 Å². The zero-order valence-corrected chi connectivity index (χ0v) is 21.9. The van der Waals surface area contributed by atoms with E-state index in [4.69, 9.17) is 16.6 Å². The molecule has 0 radical (unpaired) electrons. The van der Waals surface area contributed by atoms with Crippen molar-refractivity contribution >= 4 is 28.5 Å². The van der Waals surface area contributed by atoms with Gasteiger partial charge in [0, 0.05) is 17.8 Å². The van der Waals surface area contributed by atoms with Crippen LogP contribution < -0.4 is 16.8 Å². The number of amides is 1. The van der Waals surface area contributed by atoms with Crippen LogP contribution in [0, 0.1) is 12.7 Å². The molecule has 0 atom stereocenters. The molecule has 0 aliphatic rings. The van der Waals surface area contributed by atoms with E-state index >= 15 is 0 Å². The van der Waals surface area contributed by atoms with Gasteiger partial charge in [0.1, 0.15) is 29.4 Å². The first-order valence-electron chi connectivity index (χ1n) is 12.1. The molecule has 2 aromatic carbocycles. The predicted molar refractivity (Wildman–Crippen MR) is 148 cm³/mol. The van der Waals surface area contributed by atoms with Crippen LogP contribution in [-0.4, -0.2) is 37.9 Å². The van der Waals surface area contributed by atoms with Crippen molar-refractivity contribution in [2.45, 2.75) is 39.8 Å². The molecule has 0 aliphatic heterocycles. The first kappa shape index (κ1) is 26.5. The zero-order valence-electron chi connectivity index (χ0n) is 21.9. The molecule has 0 saturated heterocycles. The highest BCUT2D eigenvalue weighted by atomic mass is 19.1. The minimum atomic E-state index is -0.693. The number of hydrogen-bond donors (Lipinski definition) is 3. The monoisotopic (exact) mass is 514 g/mol. The van der Waals surface area contributed by atoms with Crippen LogP contribution in [0.2, 0.25) is 0 Å². The Balaban J connectivity index is 1.61. The molecular weight excluding hydrogens is 483 g/mol. The summed E-state index contributed by atoms with van der Waals surface area (Å²) in [6.45, 7) is 8.00. The maximum absolute atomic E-state index is 13.2. The summed E-state index contributed by atoms with van der Waals surface area (Å²) in [7, 11) is 0. The van der Waals surface area contributed by atoms with Crippen molar-refractivity contribution in [3.05, 3.63) is 83.6 Å². The third kappa shape index (κ3) is 5.86. The van der Waals surface area contributed by atoms with Crippen LogP contribution >= 0.6 is 0 Å². The molecule has 4 rings (SSSR count). The predicted octanol–water partition coefficient (Wildman–Crippen LogP) is 3.88. The maximum atomic E-state index is 13.2. The fourth-order valence-electron chi connectivity index (χ4n) is 3.94. The van der Waals surface area contributed by atoms with E-state index in [0.717, 1.165) is 16.7 Å². The third-order valence-electron chi connectivity index (χ3n) is 6.02. The molecule has 196 valence electrons. The molecule has 38 heavy (non-hydrogen) atoms. The summed E-state index contributed by atoms with van der Waals surface area (Å²) in [5, 5.41) is 8.46. The molecule has 2 aromatic heterocycles. The second kappa shape index (κ2) is 10.8. The number of hydrogen-bond acceptors (Lipinski definition) is 7. The summed E-state index contributed by atoms with van der Waals surface area (Å²) in [6, 6.07) is 13.9. The Labute approximate surface area is 220 Å². The largest absolute Gasteiger partial charge is 0.402 e. The van der Waals surface area contributed by atoms with Gasteiger partial charge in [-0.3, -0.25) is 9.79 Å². The summed E-state index contributed by atoms with van der Waals surface area (Å²) in [5.74, 6) is -0.399. The molecule has 1 amide bonds. The van der Waals surface area contributed by atoms with Crippen LogP contribution in [0.1, 0.15) is 31.9 Å². The van der Waals surface area contributed by atoms with Gasteiger partial charge in [0.25, 0.3) is 5.91 Å². The second-order valence-corrected chi connectivity index (χ2v) is 9.80. The molecule has 0 spiro atoms. The number of rotatable bonds is 8. The van der Waals surface area contributed by atoms with Crippen LogP contribution in [0.3, 0.4) is 0 Å². The lowest BCUT2D eigenvalue weighted by molar-refractivity contribution is -0.115. The molecular formula is C28H31FN8O. The number of nitrogens with one attached hydrogen (secondary N) is 1. The van der Waals surface area contributed by atoms with Crippen LogP contribution in [0.4, 0.5) is 10.2 Å². The van der Waals surface area contributed by atoms with E-state index in [1.165, 1.54) is 24.5 Å². The number of aliphatic imine (C=N–C) groups is 1. The molecule has 0 aliphatic carbocycles. The highest BCUT2D eigenvalue weighted by Crippen LogP contribution is 2.33. The first-order chi connectivity index (χ1) is 18.0. The number of aromatic nitrogens is 4. The Morgan fingerprint density at radius 3 is 2.47 bits per heavy atom. The maximum Gasteiger partial charge on any atom is 0.269 e. The Bertz CT molecular complexity index is 1520. The van der Waals surface area contributed by atoms with Gasteiger partial charge in [0.05, 0.1) is 17.5 Å². The smallest absolute Gasteiger partial charge is 0.269 e. The van der Waals surface area contributed by atoms with Crippen molar-refractivity contribution in [1.29, 1.82) is 0 Å². The highest BCUT2D eigenvalue weighted by molar-refractivity contribution is 6.43. The highest BCUT2D eigenvalue weighted by Gasteiger charge is 2.28. The average Bonchev–Trinajstić information content (AvgIpc) is 3.28. The van der Waals surface area contributed by atoms with Gasteiger partial charge in [-0.05, 0) is 51.5 Å². The Morgan fingerprint density at radius 1 is 1.13 bits per heavy atom. The number of fused-ring (bicyclic) bond motifs is 1. The molecule has 4 aromatic rings. The van der Waals surface area contributed by atoms with E-state index in [1.807, 2.05) is 45.0 Å². The molecule has 0 unspecified atom stereocenters. The summed E-state index contributed by atoms with van der Waals surface area (Å²) >= 11 is 0. The van der Waals surface area contributed by atoms with Gasteiger partial charge in [0.15, 0.2) is 5.65 Å². The van der Waals surface area contributed by atoms with Gasteiger partial charge in [-0.15, -0.1) is 0 Å². The van der Waals surface area contributed by atoms with Gasteiger partial charge >= 0.3 is 0 Å². The van der Waals surface area contributed by atoms with Crippen molar-refractivity contribution < 1.29 is 9.18 Å². The lowest BCUT2D eigenvalue weighted by Gasteiger charge is -2.26. The molecule has 5 N–H and O–H groups in total. The number of nitrogens with zero attached hydrogens (tertiary/aromatic N) is 5. The number of aryl methyl sites for hydroxylation is 1. The van der Waals surface area contributed by atoms with Crippen molar-refractivity contribution in [2.75, 3.05) is 12.3 Å². The van der Waals surface area contributed by atoms with Crippen molar-refractivity contribution in [1.82, 2.24) is 25.1 Å². The van der Waals surface area contributed by atoms with E-state index in [0.29, 0.717) is 28.2 Å². The zero-order chi connectivity index (χ0) is 27.4. The van der Waals surface area contributed by atoms with Gasteiger partial charge in [0.2, 0.25) is 0 Å². The Kier molecular flexibility index (Phi) is 7.52. The number of carbonyl (C=O) groups is 1. The van der Waals surface area contributed by atoms with Crippen LogP contribution in [0.25, 0.3) is 22.3 Å². The van der Waals surface area contributed by atoms with Crippen molar-refractivity contribution in [2.24, 2.45) is 10.7 Å². The summed E-state index contributed by atoms with van der Waals surface area (Å²) in [6.07, 6.45) is 2.91. The minimum absolute atomic E-state index is 0.169. The standard InChI is InChI=1S/C28H31FN8O/c1-17-5-9-20(10-6-17)24-23-25(31)34-16-35-26(23)37(36-24)28(3,4)15-33-27(38)22(13-18(2)30)32-14-19-7-11-21(29)12-8-19/h5-13,16H,14-15,30H2,1-4H3,(H,33,38)(H2,31,34,35). The molecule has 0 saturated carbocycles. The fourth-order valence-corrected chi connectivity index (χ4v) is 3.94. The number of benzene rings is 2. The topological polar surface area (TPSA) is 137 Å². The fraction of sp³-hybridized carbons (Fsp3) is 0.250. The van der Waals surface area contributed by atoms with Crippen LogP contribution in [0.5, 0.6) is 0 Å². The average molecular weight is 515 g/mol. The van der Waals surface area contributed by atoms with Crippen LogP contribution in [-0.2, 0) is 16.9 Å². The van der Waals surface area contributed by atoms with Crippen molar-refractivity contribution in [3.8, 4) is 11.3 Å². The summed E-state index contributed by atoms with van der Waals surface area (Å²) < 4.78 is 15.0. The quantitative estimate of drug-likeness (QED) is 0.305. The first-order valence-corrected chi connectivity index (χ1v) is 12.1. The molecule has 0 fully saturated rings. The van der Waals surface area contributed by atoms with Gasteiger partial charge in [-0.25, -0.2) is 19.0 Å². The lowest BCUT2D eigenvalue weighted by atomic mass is 10.1. The van der Waals surface area contributed by atoms with Gasteiger partial charge in [-0.2, -0.15) is 5.10 Å². The number of nitrogen functional groups attached to an aromatic ring is 1. The van der Waals surface area contributed by atoms with E-state index < -0.39 is 11.4 Å². The summed E-state index contributed by atoms with van der Waals surface area (Å²) in [5.41, 5.74) is 16.0. The minimum Gasteiger partial charge on any atom is -0.402 e. The van der Waals surface area contributed by atoms with Gasteiger partial charge < -0.3 is 16.8 Å². The number of halogens is 1. The molecule has 0 bridgehead atoms. The van der Waals surface area contributed by atoms with E-state index in [2.05, 4.69) is 20.3 Å². The normalized spacial score (nSPS) is 12.7. The van der Waals surface area contributed by atoms with E-state index in [-0.39, 0.29) is 24.6 Å². The number of nitrogens with two attached hydrogens (primary N) is 2. The molecule has 2 heterocycles. The molecule has 10 heteroatoms. The second-order valence-electron chi connectivity index (χ2n) is 9.80. The Hall–Kier alpha value is -4.60. The number of allylic oxidation sites excluding steroid dienone is 1. The Morgan fingerprint density at radius 2 is 1.82 bits per heavy atom. The van der Waals surface area contributed by atoms with E-state index in [1.54, 1.807) is 23.7 Å². The molecule has 9 nitrogen and oxygen atoms in total. The lowest BCUT2D eigenvalue weighted by Crippen LogP contribution is -2.43. The van der Waals surface area contributed by atoms with E-state index in [9.17, 15) is 9.18 Å². The summed E-state index contributed by atoms with van der Waals surface area (Å²) in [4.78, 5) is 26.2. The number of anilines is 1. The number of carbonyl (C=O) groups excluding carboxylic acids is 1. The SMILES string of the molecule is CC(N)=CC(=NCc1ccc(F)cc1)C(=O)NCC(C)(C)n1nc(-c2ccc(C)cc2)c2c(N)ncnc21.